The van der Waals surface area contributed by atoms with E-state index in [2.05, 4.69) is 0 Å². The molecular formula is C15H22FNO. The Morgan fingerprint density at radius 2 is 2.00 bits per heavy atom. The van der Waals surface area contributed by atoms with Crippen molar-refractivity contribution in [1.29, 1.82) is 0 Å². The van der Waals surface area contributed by atoms with Crippen LogP contribution in [0.1, 0.15) is 31.4 Å². The number of carbonyl (C=O) groups is 1. The molecular weight excluding hydrogens is 229 g/mol. The van der Waals surface area contributed by atoms with Gasteiger partial charge >= 0.3 is 0 Å². The number of benzene rings is 1. The minimum Gasteiger partial charge on any atom is -0.297 e. The molecule has 100 valence electrons. The molecule has 1 atom stereocenters. The second-order valence-corrected chi connectivity index (χ2v) is 5.19. The van der Waals surface area contributed by atoms with Crippen LogP contribution in [-0.2, 0) is 11.2 Å². The van der Waals surface area contributed by atoms with Gasteiger partial charge in [-0.2, -0.15) is 0 Å². The summed E-state index contributed by atoms with van der Waals surface area (Å²) >= 11 is 0. The number of hydrogen-bond donors (Lipinski definition) is 0. The van der Waals surface area contributed by atoms with Crippen molar-refractivity contribution in [2.45, 2.75) is 39.2 Å². The van der Waals surface area contributed by atoms with Gasteiger partial charge in [0, 0.05) is 6.42 Å². The smallest absolute Gasteiger partial charge is 0.157 e. The zero-order valence-corrected chi connectivity index (χ0v) is 11.9. The molecule has 0 aliphatic carbocycles. The Morgan fingerprint density at radius 1 is 1.39 bits per heavy atom. The fourth-order valence-electron chi connectivity index (χ4n) is 1.96. The van der Waals surface area contributed by atoms with E-state index in [-0.39, 0.29) is 18.0 Å². The monoisotopic (exact) mass is 251 g/mol. The van der Waals surface area contributed by atoms with Crippen LogP contribution in [0.3, 0.4) is 0 Å². The van der Waals surface area contributed by atoms with E-state index in [0.29, 0.717) is 0 Å². The summed E-state index contributed by atoms with van der Waals surface area (Å²) in [6.45, 7) is 5.83. The zero-order valence-electron chi connectivity index (χ0n) is 11.9. The van der Waals surface area contributed by atoms with Crippen LogP contribution >= 0.6 is 0 Å². The van der Waals surface area contributed by atoms with E-state index in [4.69, 9.17) is 0 Å². The number of halogens is 1. The average Bonchev–Trinajstić information content (AvgIpc) is 2.32. The Bertz CT molecular complexity index is 442. The fourth-order valence-corrected chi connectivity index (χ4v) is 1.96. The summed E-state index contributed by atoms with van der Waals surface area (Å²) in [5.41, 5.74) is 1.25. The molecule has 0 amide bonds. The van der Waals surface area contributed by atoms with Crippen molar-refractivity contribution in [3.8, 4) is 0 Å². The summed E-state index contributed by atoms with van der Waals surface area (Å²) in [4.78, 5) is 14.3. The summed E-state index contributed by atoms with van der Waals surface area (Å²) in [6, 6.07) is 4.60. The lowest BCUT2D eigenvalue weighted by atomic mass is 9.87. The van der Waals surface area contributed by atoms with Gasteiger partial charge in [0.05, 0.1) is 5.54 Å². The summed E-state index contributed by atoms with van der Waals surface area (Å²) in [5, 5.41) is 0. The first-order chi connectivity index (χ1) is 8.31. The van der Waals surface area contributed by atoms with Crippen LogP contribution in [0.4, 0.5) is 4.39 Å². The first-order valence-electron chi connectivity index (χ1n) is 6.27. The molecule has 0 aliphatic rings. The summed E-state index contributed by atoms with van der Waals surface area (Å²) in [6.07, 6.45) is 1.03. The molecule has 1 aromatic carbocycles. The van der Waals surface area contributed by atoms with E-state index in [1.165, 1.54) is 12.1 Å². The SMILES string of the molecule is CCC(C)(C(=O)Cc1cc(F)ccc1C)N(C)C. The fraction of sp³-hybridized carbons (Fsp3) is 0.533. The molecule has 0 aliphatic heterocycles. The number of likely N-dealkylation sites (N-methyl/N-ethyl adjacent to an activating group) is 1. The summed E-state index contributed by atoms with van der Waals surface area (Å²) < 4.78 is 13.2. The largest absolute Gasteiger partial charge is 0.297 e. The average molecular weight is 251 g/mol. The number of aryl methyl sites for hydroxylation is 1. The third-order valence-corrected chi connectivity index (χ3v) is 3.94. The van der Waals surface area contributed by atoms with Crippen molar-refractivity contribution >= 4 is 5.78 Å². The minimum atomic E-state index is -0.487. The van der Waals surface area contributed by atoms with Crippen LogP contribution in [-0.4, -0.2) is 30.3 Å². The molecule has 0 saturated carbocycles. The number of rotatable bonds is 5. The van der Waals surface area contributed by atoms with Crippen LogP contribution < -0.4 is 0 Å². The van der Waals surface area contributed by atoms with Gasteiger partial charge in [-0.3, -0.25) is 9.69 Å². The van der Waals surface area contributed by atoms with Crippen molar-refractivity contribution < 1.29 is 9.18 Å². The highest BCUT2D eigenvalue weighted by Crippen LogP contribution is 2.21. The highest BCUT2D eigenvalue weighted by molar-refractivity contribution is 5.89. The standard InChI is InChI=1S/C15H22FNO/c1-6-15(3,17(4)5)14(18)10-12-9-13(16)8-7-11(12)2/h7-9H,6,10H2,1-5H3. The Labute approximate surface area is 109 Å². The van der Waals surface area contributed by atoms with Crippen LogP contribution in [0, 0.1) is 12.7 Å². The Morgan fingerprint density at radius 3 is 2.50 bits per heavy atom. The van der Waals surface area contributed by atoms with E-state index in [1.54, 1.807) is 6.07 Å². The molecule has 0 spiro atoms. The van der Waals surface area contributed by atoms with E-state index in [1.807, 2.05) is 39.8 Å². The maximum atomic E-state index is 13.2. The van der Waals surface area contributed by atoms with Crippen molar-refractivity contribution in [3.63, 3.8) is 0 Å². The quantitative estimate of drug-likeness (QED) is 0.802. The van der Waals surface area contributed by atoms with Gasteiger partial charge in [-0.25, -0.2) is 4.39 Å². The molecule has 0 aromatic heterocycles. The Kier molecular flexibility index (Phi) is 4.63. The van der Waals surface area contributed by atoms with Crippen LogP contribution in [0.5, 0.6) is 0 Å². The molecule has 0 saturated heterocycles. The molecule has 2 nitrogen and oxygen atoms in total. The van der Waals surface area contributed by atoms with Crippen molar-refractivity contribution in [2.75, 3.05) is 14.1 Å². The Hall–Kier alpha value is -1.22. The zero-order chi connectivity index (χ0) is 13.9. The van der Waals surface area contributed by atoms with E-state index in [0.717, 1.165) is 17.5 Å². The second kappa shape index (κ2) is 5.61. The number of Topliss-reactive ketones (excluding diaryl/α,β-unsaturated/α-hetero) is 1. The second-order valence-electron chi connectivity index (χ2n) is 5.19. The molecule has 0 radical (unpaired) electrons. The summed E-state index contributed by atoms with van der Waals surface area (Å²) in [5.74, 6) is -0.157. The molecule has 1 unspecified atom stereocenters. The molecule has 0 heterocycles. The minimum absolute atomic E-state index is 0.128. The predicted molar refractivity (Wildman–Crippen MR) is 72.2 cm³/mol. The van der Waals surface area contributed by atoms with Gasteiger partial charge in [0.2, 0.25) is 0 Å². The van der Waals surface area contributed by atoms with Crippen molar-refractivity contribution in [1.82, 2.24) is 4.90 Å². The number of carbonyl (C=O) groups excluding carboxylic acids is 1. The predicted octanol–water partition coefficient (Wildman–Crippen LogP) is 2.98. The van der Waals surface area contributed by atoms with Gasteiger partial charge in [-0.15, -0.1) is 0 Å². The molecule has 1 rings (SSSR count). The molecule has 3 heteroatoms. The highest BCUT2D eigenvalue weighted by atomic mass is 19.1. The van der Waals surface area contributed by atoms with Gasteiger partial charge in [0.1, 0.15) is 5.82 Å². The maximum absolute atomic E-state index is 13.2. The first kappa shape index (κ1) is 14.8. The lowest BCUT2D eigenvalue weighted by Crippen LogP contribution is -2.48. The van der Waals surface area contributed by atoms with Crippen LogP contribution in [0.15, 0.2) is 18.2 Å². The third kappa shape index (κ3) is 2.96. The normalized spacial score (nSPS) is 14.6. The maximum Gasteiger partial charge on any atom is 0.157 e. The number of nitrogens with zero attached hydrogens (tertiary/aromatic N) is 1. The Balaban J connectivity index is 2.97. The lowest BCUT2D eigenvalue weighted by Gasteiger charge is -2.34. The van der Waals surface area contributed by atoms with Gasteiger partial charge in [0.25, 0.3) is 0 Å². The summed E-state index contributed by atoms with van der Waals surface area (Å²) in [7, 11) is 3.81. The molecule has 0 N–H and O–H groups in total. The van der Waals surface area contributed by atoms with Gasteiger partial charge in [-0.05, 0) is 57.6 Å². The molecule has 1 aromatic rings. The molecule has 18 heavy (non-hydrogen) atoms. The number of ketones is 1. The third-order valence-electron chi connectivity index (χ3n) is 3.94. The first-order valence-corrected chi connectivity index (χ1v) is 6.27. The van der Waals surface area contributed by atoms with Crippen molar-refractivity contribution in [3.05, 3.63) is 35.1 Å². The molecule has 0 fully saturated rings. The van der Waals surface area contributed by atoms with Gasteiger partial charge in [0.15, 0.2) is 5.78 Å². The van der Waals surface area contributed by atoms with Crippen LogP contribution in [0.25, 0.3) is 0 Å². The van der Waals surface area contributed by atoms with Gasteiger partial charge < -0.3 is 0 Å². The van der Waals surface area contributed by atoms with Gasteiger partial charge in [-0.1, -0.05) is 13.0 Å². The van der Waals surface area contributed by atoms with E-state index < -0.39 is 5.54 Å². The van der Waals surface area contributed by atoms with Crippen molar-refractivity contribution in [2.24, 2.45) is 0 Å². The van der Waals surface area contributed by atoms with E-state index in [9.17, 15) is 9.18 Å². The van der Waals surface area contributed by atoms with E-state index >= 15 is 0 Å². The molecule has 0 bridgehead atoms. The topological polar surface area (TPSA) is 20.3 Å². The number of hydrogen-bond acceptors (Lipinski definition) is 2. The van der Waals surface area contributed by atoms with Crippen LogP contribution in [0.2, 0.25) is 0 Å². The lowest BCUT2D eigenvalue weighted by molar-refractivity contribution is -0.128. The highest BCUT2D eigenvalue weighted by Gasteiger charge is 2.33.